The summed E-state index contributed by atoms with van der Waals surface area (Å²) in [6.45, 7) is 9.27. The third kappa shape index (κ3) is 3.18. The lowest BCUT2D eigenvalue weighted by Gasteiger charge is -2.12. The third-order valence-electron chi connectivity index (χ3n) is 3.26. The van der Waals surface area contributed by atoms with Crippen molar-refractivity contribution in [3.63, 3.8) is 0 Å². The van der Waals surface area contributed by atoms with Crippen LogP contribution < -0.4 is 5.32 Å². The molecular weight excluding hydrogens is 314 g/mol. The van der Waals surface area contributed by atoms with Gasteiger partial charge in [0.05, 0.1) is 5.69 Å². The Morgan fingerprint density at radius 1 is 1.25 bits per heavy atom. The molecule has 0 saturated carbocycles. The summed E-state index contributed by atoms with van der Waals surface area (Å²) in [6, 6.07) is 6.48. The standard InChI is InChI=1S/C16H20BrN3/c1-5-18-16-19-9-14(11(4)20-16)13-7-6-12(10(2)3)8-15(13)17/h6-10H,5H2,1-4H3,(H,18,19,20). The van der Waals surface area contributed by atoms with E-state index in [1.807, 2.05) is 20.0 Å². The zero-order chi connectivity index (χ0) is 14.7. The van der Waals surface area contributed by atoms with E-state index in [2.05, 4.69) is 63.3 Å². The van der Waals surface area contributed by atoms with Gasteiger partial charge in [-0.2, -0.15) is 0 Å². The van der Waals surface area contributed by atoms with Crippen LogP contribution in [0.2, 0.25) is 0 Å². The van der Waals surface area contributed by atoms with E-state index in [0.717, 1.165) is 27.8 Å². The molecule has 0 radical (unpaired) electrons. The number of hydrogen-bond acceptors (Lipinski definition) is 3. The number of hydrogen-bond donors (Lipinski definition) is 1. The molecule has 2 aromatic rings. The zero-order valence-electron chi connectivity index (χ0n) is 12.4. The van der Waals surface area contributed by atoms with Crippen molar-refractivity contribution >= 4 is 21.9 Å². The molecule has 0 bridgehead atoms. The molecule has 0 atom stereocenters. The van der Waals surface area contributed by atoms with Crippen LogP contribution in [0, 0.1) is 6.92 Å². The summed E-state index contributed by atoms with van der Waals surface area (Å²) in [4.78, 5) is 8.86. The van der Waals surface area contributed by atoms with Crippen molar-refractivity contribution in [3.8, 4) is 11.1 Å². The van der Waals surface area contributed by atoms with Gasteiger partial charge in [0.15, 0.2) is 0 Å². The van der Waals surface area contributed by atoms with E-state index < -0.39 is 0 Å². The predicted octanol–water partition coefficient (Wildman–Crippen LogP) is 4.77. The van der Waals surface area contributed by atoms with Gasteiger partial charge < -0.3 is 5.32 Å². The van der Waals surface area contributed by atoms with Gasteiger partial charge in [0, 0.05) is 22.8 Å². The summed E-state index contributed by atoms with van der Waals surface area (Å²) >= 11 is 3.66. The quantitative estimate of drug-likeness (QED) is 0.875. The van der Waals surface area contributed by atoms with Crippen molar-refractivity contribution in [3.05, 3.63) is 40.1 Å². The van der Waals surface area contributed by atoms with Crippen LogP contribution in [0.15, 0.2) is 28.9 Å². The lowest BCUT2D eigenvalue weighted by atomic mass is 9.99. The highest BCUT2D eigenvalue weighted by Gasteiger charge is 2.10. The lowest BCUT2D eigenvalue weighted by Crippen LogP contribution is -2.03. The average molecular weight is 334 g/mol. The molecule has 0 aliphatic heterocycles. The number of benzene rings is 1. The molecule has 3 nitrogen and oxygen atoms in total. The summed E-state index contributed by atoms with van der Waals surface area (Å²) in [7, 11) is 0. The Balaban J connectivity index is 2.41. The van der Waals surface area contributed by atoms with Crippen LogP contribution in [0.5, 0.6) is 0 Å². The molecule has 0 saturated heterocycles. The second kappa shape index (κ2) is 6.35. The van der Waals surface area contributed by atoms with Gasteiger partial charge in [-0.1, -0.05) is 41.9 Å². The van der Waals surface area contributed by atoms with Crippen molar-refractivity contribution in [1.29, 1.82) is 0 Å². The molecule has 20 heavy (non-hydrogen) atoms. The average Bonchev–Trinajstić information content (AvgIpc) is 2.40. The molecule has 0 fully saturated rings. The van der Waals surface area contributed by atoms with Crippen molar-refractivity contribution in [2.45, 2.75) is 33.6 Å². The summed E-state index contributed by atoms with van der Waals surface area (Å²) in [5.41, 5.74) is 4.50. The molecule has 1 aromatic heterocycles. The normalized spacial score (nSPS) is 10.9. The number of anilines is 1. The van der Waals surface area contributed by atoms with Gasteiger partial charge in [0.1, 0.15) is 0 Å². The maximum Gasteiger partial charge on any atom is 0.222 e. The Hall–Kier alpha value is -1.42. The Labute approximate surface area is 129 Å². The second-order valence-electron chi connectivity index (χ2n) is 5.12. The summed E-state index contributed by atoms with van der Waals surface area (Å²) in [6.07, 6.45) is 1.88. The Bertz CT molecular complexity index is 609. The first-order valence-corrected chi connectivity index (χ1v) is 7.69. The molecule has 0 amide bonds. The molecule has 0 unspecified atom stereocenters. The van der Waals surface area contributed by atoms with Crippen LogP contribution in [0.3, 0.4) is 0 Å². The van der Waals surface area contributed by atoms with Gasteiger partial charge >= 0.3 is 0 Å². The number of halogens is 1. The summed E-state index contributed by atoms with van der Waals surface area (Å²) < 4.78 is 1.09. The highest BCUT2D eigenvalue weighted by Crippen LogP contribution is 2.32. The zero-order valence-corrected chi connectivity index (χ0v) is 14.0. The van der Waals surface area contributed by atoms with E-state index in [9.17, 15) is 0 Å². The first-order valence-electron chi connectivity index (χ1n) is 6.90. The van der Waals surface area contributed by atoms with E-state index in [1.54, 1.807) is 0 Å². The monoisotopic (exact) mass is 333 g/mol. The van der Waals surface area contributed by atoms with Gasteiger partial charge in [-0.05, 0) is 37.0 Å². The van der Waals surface area contributed by atoms with Crippen LogP contribution in [0.4, 0.5) is 5.95 Å². The van der Waals surface area contributed by atoms with Gasteiger partial charge in [-0.15, -0.1) is 0 Å². The molecule has 106 valence electrons. The minimum atomic E-state index is 0.522. The molecule has 0 spiro atoms. The smallest absolute Gasteiger partial charge is 0.222 e. The fourth-order valence-corrected chi connectivity index (χ4v) is 2.69. The Kier molecular flexibility index (Phi) is 4.76. The Morgan fingerprint density at radius 3 is 2.55 bits per heavy atom. The van der Waals surface area contributed by atoms with E-state index in [-0.39, 0.29) is 0 Å². The van der Waals surface area contributed by atoms with Gasteiger partial charge in [-0.3, -0.25) is 0 Å². The van der Waals surface area contributed by atoms with E-state index in [1.165, 1.54) is 5.56 Å². The minimum absolute atomic E-state index is 0.522. The largest absolute Gasteiger partial charge is 0.354 e. The van der Waals surface area contributed by atoms with Crippen LogP contribution in [0.1, 0.15) is 37.9 Å². The Morgan fingerprint density at radius 2 is 2.00 bits per heavy atom. The number of nitrogens with zero attached hydrogens (tertiary/aromatic N) is 2. The predicted molar refractivity (Wildman–Crippen MR) is 88.2 cm³/mol. The van der Waals surface area contributed by atoms with Gasteiger partial charge in [0.25, 0.3) is 0 Å². The first kappa shape index (κ1) is 15.0. The number of aryl methyl sites for hydroxylation is 1. The summed E-state index contributed by atoms with van der Waals surface area (Å²) in [5, 5.41) is 3.13. The number of rotatable bonds is 4. The van der Waals surface area contributed by atoms with E-state index in [4.69, 9.17) is 0 Å². The first-order chi connectivity index (χ1) is 9.52. The van der Waals surface area contributed by atoms with Crippen molar-refractivity contribution in [2.75, 3.05) is 11.9 Å². The maximum atomic E-state index is 4.49. The molecule has 1 N–H and O–H groups in total. The fraction of sp³-hybridized carbons (Fsp3) is 0.375. The van der Waals surface area contributed by atoms with Crippen molar-refractivity contribution in [1.82, 2.24) is 9.97 Å². The molecule has 0 aliphatic carbocycles. The molecule has 2 rings (SSSR count). The fourth-order valence-electron chi connectivity index (χ4n) is 2.08. The highest BCUT2D eigenvalue weighted by atomic mass is 79.9. The van der Waals surface area contributed by atoms with Crippen LogP contribution >= 0.6 is 15.9 Å². The topological polar surface area (TPSA) is 37.8 Å². The minimum Gasteiger partial charge on any atom is -0.354 e. The highest BCUT2D eigenvalue weighted by molar-refractivity contribution is 9.10. The molecule has 1 aromatic carbocycles. The summed E-state index contributed by atoms with van der Waals surface area (Å²) in [5.74, 6) is 1.21. The van der Waals surface area contributed by atoms with Gasteiger partial charge in [0.2, 0.25) is 5.95 Å². The van der Waals surface area contributed by atoms with E-state index >= 15 is 0 Å². The number of nitrogens with one attached hydrogen (secondary N) is 1. The van der Waals surface area contributed by atoms with Crippen molar-refractivity contribution in [2.24, 2.45) is 0 Å². The van der Waals surface area contributed by atoms with E-state index in [0.29, 0.717) is 11.9 Å². The maximum absolute atomic E-state index is 4.49. The van der Waals surface area contributed by atoms with Gasteiger partial charge in [-0.25, -0.2) is 9.97 Å². The second-order valence-corrected chi connectivity index (χ2v) is 5.97. The van der Waals surface area contributed by atoms with Crippen molar-refractivity contribution < 1.29 is 0 Å². The molecule has 0 aliphatic rings. The third-order valence-corrected chi connectivity index (χ3v) is 3.92. The molecular formula is C16H20BrN3. The molecule has 4 heteroatoms. The van der Waals surface area contributed by atoms with Crippen LogP contribution in [-0.4, -0.2) is 16.5 Å². The van der Waals surface area contributed by atoms with Crippen LogP contribution in [0.25, 0.3) is 11.1 Å². The number of aromatic nitrogens is 2. The lowest BCUT2D eigenvalue weighted by molar-refractivity contribution is 0.866. The SMILES string of the molecule is CCNc1ncc(-c2ccc(C(C)C)cc2Br)c(C)n1. The van der Waals surface area contributed by atoms with Crippen LogP contribution in [-0.2, 0) is 0 Å². The molecule has 1 heterocycles.